The van der Waals surface area contributed by atoms with Gasteiger partial charge in [0.1, 0.15) is 5.82 Å². The van der Waals surface area contributed by atoms with Crippen LogP contribution in [0.15, 0.2) is 12.3 Å². The molecule has 1 aromatic heterocycles. The zero-order chi connectivity index (χ0) is 10.8. The van der Waals surface area contributed by atoms with Gasteiger partial charge in [0.25, 0.3) is 0 Å². The topological polar surface area (TPSA) is 25.8 Å². The third-order valence-corrected chi connectivity index (χ3v) is 2.00. The molecule has 1 aromatic rings. The van der Waals surface area contributed by atoms with Crippen molar-refractivity contribution in [3.63, 3.8) is 0 Å². The summed E-state index contributed by atoms with van der Waals surface area (Å²) in [6, 6.07) is 2.01. The van der Waals surface area contributed by atoms with E-state index in [0.717, 1.165) is 17.9 Å². The molecule has 0 aromatic carbocycles. The SMILES string of the molecule is CC(C)Cc1ccnc(C(C)(C)C)n1. The van der Waals surface area contributed by atoms with Crippen molar-refractivity contribution in [2.75, 3.05) is 0 Å². The standard InChI is InChI=1S/C12H20N2/c1-9(2)8-10-6-7-13-11(14-10)12(3,4)5/h6-7,9H,8H2,1-5H3. The first-order chi connectivity index (χ1) is 6.39. The highest BCUT2D eigenvalue weighted by molar-refractivity contribution is 5.08. The Bertz CT molecular complexity index is 297. The summed E-state index contributed by atoms with van der Waals surface area (Å²) in [5, 5.41) is 0. The molecule has 0 saturated carbocycles. The van der Waals surface area contributed by atoms with Crippen LogP contribution in [0.4, 0.5) is 0 Å². The summed E-state index contributed by atoms with van der Waals surface area (Å²) in [5.74, 6) is 1.59. The zero-order valence-electron chi connectivity index (χ0n) is 9.83. The molecule has 0 atom stereocenters. The molecule has 1 heterocycles. The first-order valence-corrected chi connectivity index (χ1v) is 5.22. The molecule has 1 rings (SSSR count). The molecule has 78 valence electrons. The van der Waals surface area contributed by atoms with Gasteiger partial charge in [-0.2, -0.15) is 0 Å². The lowest BCUT2D eigenvalue weighted by molar-refractivity contribution is 0.535. The van der Waals surface area contributed by atoms with Crippen molar-refractivity contribution in [2.45, 2.75) is 46.5 Å². The molecular weight excluding hydrogens is 172 g/mol. The Balaban J connectivity index is 2.90. The maximum atomic E-state index is 4.57. The maximum Gasteiger partial charge on any atom is 0.133 e. The lowest BCUT2D eigenvalue weighted by Gasteiger charge is -2.17. The van der Waals surface area contributed by atoms with Crippen molar-refractivity contribution in [3.8, 4) is 0 Å². The van der Waals surface area contributed by atoms with E-state index in [1.165, 1.54) is 0 Å². The van der Waals surface area contributed by atoms with Gasteiger partial charge < -0.3 is 0 Å². The van der Waals surface area contributed by atoms with Gasteiger partial charge in [-0.3, -0.25) is 0 Å². The third kappa shape index (κ3) is 3.09. The van der Waals surface area contributed by atoms with E-state index in [9.17, 15) is 0 Å². The second-order valence-corrected chi connectivity index (χ2v) is 5.22. The van der Waals surface area contributed by atoms with Crippen LogP contribution in [0, 0.1) is 5.92 Å². The highest BCUT2D eigenvalue weighted by Crippen LogP contribution is 2.18. The predicted octanol–water partition coefficient (Wildman–Crippen LogP) is 2.97. The minimum Gasteiger partial charge on any atom is -0.241 e. The molecule has 0 spiro atoms. The minimum atomic E-state index is 0.0486. The summed E-state index contributed by atoms with van der Waals surface area (Å²) in [6.07, 6.45) is 2.90. The molecule has 0 amide bonds. The van der Waals surface area contributed by atoms with Crippen molar-refractivity contribution in [1.29, 1.82) is 0 Å². The van der Waals surface area contributed by atoms with E-state index in [1.54, 1.807) is 0 Å². The minimum absolute atomic E-state index is 0.0486. The second kappa shape index (κ2) is 4.07. The van der Waals surface area contributed by atoms with Crippen LogP contribution in [0.3, 0.4) is 0 Å². The molecule has 0 aliphatic rings. The van der Waals surface area contributed by atoms with Gasteiger partial charge in [0.05, 0.1) is 0 Å². The predicted molar refractivity (Wildman–Crippen MR) is 59.3 cm³/mol. The summed E-state index contributed by atoms with van der Waals surface area (Å²) in [4.78, 5) is 8.88. The smallest absolute Gasteiger partial charge is 0.133 e. The summed E-state index contributed by atoms with van der Waals surface area (Å²) in [7, 11) is 0. The highest BCUT2D eigenvalue weighted by atomic mass is 14.9. The van der Waals surface area contributed by atoms with Gasteiger partial charge in [-0.25, -0.2) is 9.97 Å². The lowest BCUT2D eigenvalue weighted by atomic mass is 9.95. The van der Waals surface area contributed by atoms with Crippen molar-refractivity contribution < 1.29 is 0 Å². The Kier molecular flexibility index (Phi) is 3.25. The van der Waals surface area contributed by atoms with Crippen LogP contribution in [-0.2, 0) is 11.8 Å². The van der Waals surface area contributed by atoms with Crippen LogP contribution < -0.4 is 0 Å². The van der Waals surface area contributed by atoms with Gasteiger partial charge in [-0.15, -0.1) is 0 Å². The monoisotopic (exact) mass is 192 g/mol. The molecule has 0 aliphatic carbocycles. The number of rotatable bonds is 2. The first kappa shape index (κ1) is 11.2. The zero-order valence-corrected chi connectivity index (χ0v) is 9.83. The summed E-state index contributed by atoms with van der Waals surface area (Å²) >= 11 is 0. The Morgan fingerprint density at radius 1 is 1.29 bits per heavy atom. The van der Waals surface area contributed by atoms with Crippen LogP contribution >= 0.6 is 0 Å². The van der Waals surface area contributed by atoms with Gasteiger partial charge in [-0.1, -0.05) is 34.6 Å². The molecule has 0 aliphatic heterocycles. The summed E-state index contributed by atoms with van der Waals surface area (Å²) in [5.41, 5.74) is 1.20. The van der Waals surface area contributed by atoms with Crippen LogP contribution in [0.5, 0.6) is 0 Å². The summed E-state index contributed by atoms with van der Waals surface area (Å²) < 4.78 is 0. The lowest BCUT2D eigenvalue weighted by Crippen LogP contribution is -2.17. The van der Waals surface area contributed by atoms with Crippen LogP contribution in [0.25, 0.3) is 0 Å². The first-order valence-electron chi connectivity index (χ1n) is 5.22. The third-order valence-electron chi connectivity index (χ3n) is 2.00. The van der Waals surface area contributed by atoms with Gasteiger partial charge >= 0.3 is 0 Å². The normalized spacial score (nSPS) is 12.1. The van der Waals surface area contributed by atoms with E-state index in [2.05, 4.69) is 44.6 Å². The molecule has 0 unspecified atom stereocenters. The van der Waals surface area contributed by atoms with E-state index in [1.807, 2.05) is 12.3 Å². The van der Waals surface area contributed by atoms with Crippen molar-refractivity contribution in [2.24, 2.45) is 5.92 Å². The fourth-order valence-electron chi connectivity index (χ4n) is 1.29. The molecule has 2 heteroatoms. The van der Waals surface area contributed by atoms with E-state index in [0.29, 0.717) is 5.92 Å². The summed E-state index contributed by atoms with van der Waals surface area (Å²) in [6.45, 7) is 10.8. The average molecular weight is 192 g/mol. The largest absolute Gasteiger partial charge is 0.241 e. The van der Waals surface area contributed by atoms with Crippen molar-refractivity contribution >= 4 is 0 Å². The van der Waals surface area contributed by atoms with E-state index in [-0.39, 0.29) is 5.41 Å². The molecule has 0 radical (unpaired) electrons. The van der Waals surface area contributed by atoms with Gasteiger partial charge in [0.15, 0.2) is 0 Å². The van der Waals surface area contributed by atoms with Crippen LogP contribution in [-0.4, -0.2) is 9.97 Å². The van der Waals surface area contributed by atoms with Gasteiger partial charge in [0, 0.05) is 17.3 Å². The second-order valence-electron chi connectivity index (χ2n) is 5.22. The van der Waals surface area contributed by atoms with Gasteiger partial charge in [-0.05, 0) is 18.4 Å². The molecule has 0 saturated heterocycles. The molecule has 2 nitrogen and oxygen atoms in total. The van der Waals surface area contributed by atoms with E-state index >= 15 is 0 Å². The Morgan fingerprint density at radius 3 is 2.43 bits per heavy atom. The molecule has 0 fully saturated rings. The quantitative estimate of drug-likeness (QED) is 0.720. The molecule has 14 heavy (non-hydrogen) atoms. The van der Waals surface area contributed by atoms with E-state index in [4.69, 9.17) is 0 Å². The van der Waals surface area contributed by atoms with Crippen LogP contribution in [0.1, 0.15) is 46.1 Å². The maximum absolute atomic E-state index is 4.57. The number of nitrogens with zero attached hydrogens (tertiary/aromatic N) is 2. The van der Waals surface area contributed by atoms with Crippen molar-refractivity contribution in [3.05, 3.63) is 23.8 Å². The molecule has 0 N–H and O–H groups in total. The van der Waals surface area contributed by atoms with Crippen molar-refractivity contribution in [1.82, 2.24) is 9.97 Å². The molecule has 0 bridgehead atoms. The van der Waals surface area contributed by atoms with Gasteiger partial charge in [0.2, 0.25) is 0 Å². The number of hydrogen-bond donors (Lipinski definition) is 0. The Labute approximate surface area is 86.8 Å². The number of aromatic nitrogens is 2. The fourth-order valence-corrected chi connectivity index (χ4v) is 1.29. The average Bonchev–Trinajstić information content (AvgIpc) is 2.01. The van der Waals surface area contributed by atoms with Crippen LogP contribution in [0.2, 0.25) is 0 Å². The Hall–Kier alpha value is -0.920. The molecular formula is C12H20N2. The number of hydrogen-bond acceptors (Lipinski definition) is 2. The van der Waals surface area contributed by atoms with E-state index < -0.39 is 0 Å². The fraction of sp³-hybridized carbons (Fsp3) is 0.667. The highest BCUT2D eigenvalue weighted by Gasteiger charge is 2.17. The Morgan fingerprint density at radius 2 is 1.93 bits per heavy atom.